The molecule has 0 aliphatic rings. The van der Waals surface area contributed by atoms with E-state index in [4.69, 9.17) is 0 Å². The Kier molecular flexibility index (Phi) is 2.25. The van der Waals surface area contributed by atoms with Gasteiger partial charge in [0.25, 0.3) is 0 Å². The molecular weight excluding hydrogens is 246 g/mol. The molecule has 1 heterocycles. The van der Waals surface area contributed by atoms with E-state index in [1.807, 2.05) is 0 Å². The molecule has 0 spiro atoms. The normalized spacial score (nSPS) is 11.4. The fourth-order valence-electron chi connectivity index (χ4n) is 2.50. The molecule has 0 saturated carbocycles. The molecule has 3 aromatic rings. The lowest BCUT2D eigenvalue weighted by Gasteiger charge is -2.15. The molecule has 5 nitrogen and oxygen atoms in total. The summed E-state index contributed by atoms with van der Waals surface area (Å²) >= 11 is 0. The van der Waals surface area contributed by atoms with Crippen molar-refractivity contribution in [2.75, 3.05) is 0 Å². The van der Waals surface area contributed by atoms with Crippen molar-refractivity contribution in [2.24, 2.45) is 0 Å². The maximum Gasteiger partial charge on any atom is 0.201 e. The van der Waals surface area contributed by atoms with E-state index in [2.05, 4.69) is 0 Å². The molecule has 0 amide bonds. The summed E-state index contributed by atoms with van der Waals surface area (Å²) in [6.07, 6.45) is 0. The van der Waals surface area contributed by atoms with Crippen LogP contribution in [-0.2, 0) is 6.54 Å². The van der Waals surface area contributed by atoms with Gasteiger partial charge in [0.2, 0.25) is 11.8 Å². The van der Waals surface area contributed by atoms with Gasteiger partial charge in [-0.2, -0.15) is 0 Å². The summed E-state index contributed by atoms with van der Waals surface area (Å²) in [5.74, 6) is -0.300. The lowest BCUT2D eigenvalue weighted by molar-refractivity contribution is 0.370. The summed E-state index contributed by atoms with van der Waals surface area (Å²) in [5, 5.41) is 21.4. The highest BCUT2D eigenvalue weighted by atomic mass is 16.3. The smallest absolute Gasteiger partial charge is 0.201 e. The van der Waals surface area contributed by atoms with Crippen LogP contribution < -0.4 is 10.9 Å². The van der Waals surface area contributed by atoms with Gasteiger partial charge in [-0.05, 0) is 31.2 Å². The monoisotopic (exact) mass is 257 g/mol. The Morgan fingerprint density at radius 1 is 0.895 bits per heavy atom. The molecule has 19 heavy (non-hydrogen) atoms. The van der Waals surface area contributed by atoms with Gasteiger partial charge in [0.15, 0.2) is 10.9 Å². The van der Waals surface area contributed by atoms with E-state index in [1.54, 1.807) is 6.92 Å². The minimum absolute atomic E-state index is 0.00357. The predicted molar refractivity (Wildman–Crippen MR) is 72.2 cm³/mol. The molecule has 0 atom stereocenters. The van der Waals surface area contributed by atoms with E-state index < -0.39 is 10.9 Å². The third kappa shape index (κ3) is 1.35. The highest BCUT2D eigenvalue weighted by molar-refractivity contribution is 6.13. The van der Waals surface area contributed by atoms with Crippen molar-refractivity contribution in [1.82, 2.24) is 4.57 Å². The maximum absolute atomic E-state index is 11.8. The third-order valence-corrected chi connectivity index (χ3v) is 3.39. The molecule has 5 heteroatoms. The maximum atomic E-state index is 11.8. The van der Waals surface area contributed by atoms with Crippen LogP contribution in [0.1, 0.15) is 6.92 Å². The van der Waals surface area contributed by atoms with E-state index in [9.17, 15) is 19.8 Å². The minimum Gasteiger partial charge on any atom is -0.494 e. The highest BCUT2D eigenvalue weighted by Gasteiger charge is 2.17. The van der Waals surface area contributed by atoms with Crippen LogP contribution >= 0.6 is 0 Å². The number of benzene rings is 2. The van der Waals surface area contributed by atoms with Crippen molar-refractivity contribution in [2.45, 2.75) is 13.5 Å². The van der Waals surface area contributed by atoms with E-state index in [1.165, 1.54) is 28.8 Å². The molecule has 3 rings (SSSR count). The first-order valence-corrected chi connectivity index (χ1v) is 5.90. The van der Waals surface area contributed by atoms with Gasteiger partial charge >= 0.3 is 0 Å². The Hall–Kier alpha value is -2.56. The lowest BCUT2D eigenvalue weighted by Crippen LogP contribution is -2.12. The Labute approximate surface area is 107 Å². The molecule has 0 unspecified atom stereocenters. The van der Waals surface area contributed by atoms with Crippen molar-refractivity contribution in [3.05, 3.63) is 44.7 Å². The first kappa shape index (κ1) is 11.5. The summed E-state index contributed by atoms with van der Waals surface area (Å²) < 4.78 is 1.33. The van der Waals surface area contributed by atoms with E-state index >= 15 is 0 Å². The summed E-state index contributed by atoms with van der Waals surface area (Å²) in [7, 11) is 0. The van der Waals surface area contributed by atoms with Gasteiger partial charge in [-0.25, -0.2) is 0 Å². The van der Waals surface area contributed by atoms with Gasteiger partial charge in [-0.1, -0.05) is 0 Å². The van der Waals surface area contributed by atoms with Crippen LogP contribution in [0.3, 0.4) is 0 Å². The van der Waals surface area contributed by atoms with E-state index in [0.717, 1.165) is 0 Å². The summed E-state index contributed by atoms with van der Waals surface area (Å²) in [6.45, 7) is 2.15. The first-order valence-electron chi connectivity index (χ1n) is 5.90. The van der Waals surface area contributed by atoms with Crippen molar-refractivity contribution in [3.63, 3.8) is 0 Å². The van der Waals surface area contributed by atoms with E-state index in [0.29, 0.717) is 22.7 Å². The molecular formula is C14H11NO4. The van der Waals surface area contributed by atoms with E-state index in [-0.39, 0.29) is 17.1 Å². The molecule has 96 valence electrons. The standard InChI is InChI=1S/C14H11NO4/c1-2-15-13(18)7-3-5-9(16)12-10(17)6-4-8(11(7)12)14(15)19/h3-6,18-19H,2H2,1H3. The zero-order valence-electron chi connectivity index (χ0n) is 10.2. The third-order valence-electron chi connectivity index (χ3n) is 3.39. The number of aromatic nitrogens is 1. The Bertz CT molecular complexity index is 842. The van der Waals surface area contributed by atoms with Crippen molar-refractivity contribution < 1.29 is 10.2 Å². The summed E-state index contributed by atoms with van der Waals surface area (Å²) in [4.78, 5) is 23.6. The average Bonchev–Trinajstić information content (AvgIpc) is 2.38. The summed E-state index contributed by atoms with van der Waals surface area (Å²) in [5.41, 5.74) is -0.813. The van der Waals surface area contributed by atoms with Gasteiger partial charge < -0.3 is 10.2 Å². The quantitative estimate of drug-likeness (QED) is 0.690. The van der Waals surface area contributed by atoms with Gasteiger partial charge in [-0.15, -0.1) is 0 Å². The number of hydrogen-bond donors (Lipinski definition) is 2. The Balaban J connectivity index is 2.78. The average molecular weight is 257 g/mol. The van der Waals surface area contributed by atoms with Crippen LogP contribution in [0, 0.1) is 0 Å². The number of pyridine rings is 1. The number of aromatic hydroxyl groups is 2. The van der Waals surface area contributed by atoms with Gasteiger partial charge in [0.1, 0.15) is 0 Å². The predicted octanol–water partition coefficient (Wildman–Crippen LogP) is 1.38. The number of hydrogen-bond acceptors (Lipinski definition) is 4. The molecule has 0 aliphatic heterocycles. The number of rotatable bonds is 1. The van der Waals surface area contributed by atoms with Gasteiger partial charge in [0.05, 0.1) is 5.39 Å². The Morgan fingerprint density at radius 2 is 1.37 bits per heavy atom. The van der Waals surface area contributed by atoms with Crippen LogP contribution in [0.4, 0.5) is 0 Å². The number of nitrogens with zero attached hydrogens (tertiary/aromatic N) is 1. The Morgan fingerprint density at radius 3 is 1.79 bits per heavy atom. The fourth-order valence-corrected chi connectivity index (χ4v) is 2.50. The van der Waals surface area contributed by atoms with Crippen molar-refractivity contribution in [1.29, 1.82) is 0 Å². The second kappa shape index (κ2) is 3.71. The van der Waals surface area contributed by atoms with Crippen molar-refractivity contribution >= 4 is 21.5 Å². The summed E-state index contributed by atoms with van der Waals surface area (Å²) in [6, 6.07) is 5.46. The second-order valence-corrected chi connectivity index (χ2v) is 4.36. The van der Waals surface area contributed by atoms with Crippen LogP contribution in [0.15, 0.2) is 33.9 Å². The van der Waals surface area contributed by atoms with Crippen LogP contribution in [0.5, 0.6) is 11.8 Å². The zero-order valence-corrected chi connectivity index (χ0v) is 10.2. The lowest BCUT2D eigenvalue weighted by atomic mass is 10.0. The highest BCUT2D eigenvalue weighted by Crippen LogP contribution is 2.36. The molecule has 2 aromatic carbocycles. The molecule has 0 radical (unpaired) electrons. The fraction of sp³-hybridized carbons (Fsp3) is 0.143. The molecule has 2 N–H and O–H groups in total. The van der Waals surface area contributed by atoms with Crippen LogP contribution in [0.25, 0.3) is 21.5 Å². The SMILES string of the molecule is CCn1c(O)c2ccc(=O)c3c(=O)ccc(c1O)c23. The van der Waals surface area contributed by atoms with Crippen LogP contribution in [-0.4, -0.2) is 14.8 Å². The molecule has 0 aliphatic carbocycles. The molecule has 1 aromatic heterocycles. The molecule has 0 bridgehead atoms. The van der Waals surface area contributed by atoms with Crippen LogP contribution in [0.2, 0.25) is 0 Å². The zero-order chi connectivity index (χ0) is 13.7. The molecule has 0 saturated heterocycles. The van der Waals surface area contributed by atoms with Gasteiger partial charge in [-0.3, -0.25) is 14.2 Å². The largest absolute Gasteiger partial charge is 0.494 e. The first-order chi connectivity index (χ1) is 9.06. The molecule has 0 fully saturated rings. The topological polar surface area (TPSA) is 79.5 Å². The van der Waals surface area contributed by atoms with Gasteiger partial charge in [0, 0.05) is 22.7 Å². The minimum atomic E-state index is -0.406. The van der Waals surface area contributed by atoms with Crippen molar-refractivity contribution in [3.8, 4) is 11.8 Å². The second-order valence-electron chi connectivity index (χ2n) is 4.36.